The molecule has 1 N–H and O–H groups in total. The van der Waals surface area contributed by atoms with Gasteiger partial charge < -0.3 is 5.32 Å². The molecular weight excluding hydrogens is 246 g/mol. The van der Waals surface area contributed by atoms with E-state index in [0.29, 0.717) is 0 Å². The van der Waals surface area contributed by atoms with E-state index < -0.39 is 0 Å². The molecule has 96 valence electrons. The molecule has 0 fully saturated rings. The molecule has 0 aromatic heterocycles. The number of nitriles is 2. The molecule has 3 nitrogen and oxygen atoms in total. The van der Waals surface area contributed by atoms with Gasteiger partial charge in [-0.25, -0.2) is 0 Å². The van der Waals surface area contributed by atoms with Crippen LogP contribution in [0.2, 0.25) is 0 Å². The fourth-order valence-electron chi connectivity index (χ4n) is 1.91. The Morgan fingerprint density at radius 2 is 1.80 bits per heavy atom. The number of rotatable bonds is 4. The summed E-state index contributed by atoms with van der Waals surface area (Å²) in [6.07, 6.45) is 3.40. The Morgan fingerprint density at radius 1 is 1.10 bits per heavy atom. The Kier molecular flexibility index (Phi) is 4.17. The number of nitrogens with zero attached hydrogens (tertiary/aromatic N) is 2. The van der Waals surface area contributed by atoms with E-state index in [4.69, 9.17) is 10.5 Å². The molecule has 3 heteroatoms. The highest BCUT2D eigenvalue weighted by atomic mass is 14.8. The van der Waals surface area contributed by atoms with Crippen LogP contribution >= 0.6 is 0 Å². The molecule has 0 unspecified atom stereocenters. The normalized spacial score (nSPS) is 9.30. The standard InChI is InChI=1S/C17H13N3/c1-2-7-20-17-6-5-15-9-13(3-4-16(15)10-17)8-14(11-18)12-19/h2-6,8-10,20H,1,7H2. The summed E-state index contributed by atoms with van der Waals surface area (Å²) in [4.78, 5) is 0. The molecule has 2 rings (SSSR count). The van der Waals surface area contributed by atoms with Gasteiger partial charge in [0.15, 0.2) is 0 Å². The molecule has 0 aliphatic carbocycles. The molecule has 2 aromatic carbocycles. The number of nitrogens with one attached hydrogen (secondary N) is 1. The van der Waals surface area contributed by atoms with Gasteiger partial charge in [0.25, 0.3) is 0 Å². The summed E-state index contributed by atoms with van der Waals surface area (Å²) in [5.74, 6) is 0. The Balaban J connectivity index is 2.37. The van der Waals surface area contributed by atoms with Gasteiger partial charge in [0.1, 0.15) is 17.7 Å². The third-order valence-electron chi connectivity index (χ3n) is 2.87. The molecule has 0 heterocycles. The summed E-state index contributed by atoms with van der Waals surface area (Å²) in [6.45, 7) is 4.39. The van der Waals surface area contributed by atoms with Gasteiger partial charge in [-0.2, -0.15) is 10.5 Å². The zero-order chi connectivity index (χ0) is 14.4. The van der Waals surface area contributed by atoms with E-state index in [1.54, 1.807) is 6.08 Å². The number of allylic oxidation sites excluding steroid dienone is 1. The quantitative estimate of drug-likeness (QED) is 0.669. The van der Waals surface area contributed by atoms with Crippen LogP contribution in [0.15, 0.2) is 54.6 Å². The monoisotopic (exact) mass is 259 g/mol. The number of fused-ring (bicyclic) bond motifs is 1. The van der Waals surface area contributed by atoms with Gasteiger partial charge in [-0.15, -0.1) is 6.58 Å². The third kappa shape index (κ3) is 3.04. The van der Waals surface area contributed by atoms with Crippen molar-refractivity contribution in [1.29, 1.82) is 10.5 Å². The van der Waals surface area contributed by atoms with Gasteiger partial charge in [-0.1, -0.05) is 24.3 Å². The first-order valence-corrected chi connectivity index (χ1v) is 6.17. The van der Waals surface area contributed by atoms with Crippen LogP contribution in [-0.4, -0.2) is 6.54 Å². The summed E-state index contributed by atoms with van der Waals surface area (Å²) in [7, 11) is 0. The molecular formula is C17H13N3. The summed E-state index contributed by atoms with van der Waals surface area (Å²) in [5.41, 5.74) is 1.99. The SMILES string of the molecule is C=CCNc1ccc2cc(C=C(C#N)C#N)ccc2c1. The maximum Gasteiger partial charge on any atom is 0.130 e. The first kappa shape index (κ1) is 13.4. The molecule has 0 aliphatic heterocycles. The maximum atomic E-state index is 8.76. The Hall–Kier alpha value is -3.04. The summed E-state index contributed by atoms with van der Waals surface area (Å²) in [5, 5.41) is 22.9. The minimum absolute atomic E-state index is 0.105. The number of hydrogen-bond acceptors (Lipinski definition) is 3. The number of hydrogen-bond donors (Lipinski definition) is 1. The van der Waals surface area contributed by atoms with Crippen LogP contribution < -0.4 is 5.32 Å². The van der Waals surface area contributed by atoms with Gasteiger partial charge in [-0.05, 0) is 40.6 Å². The Bertz CT molecular complexity index is 742. The molecule has 0 radical (unpaired) electrons. The highest BCUT2D eigenvalue weighted by Gasteiger charge is 1.99. The topological polar surface area (TPSA) is 59.6 Å². The Morgan fingerprint density at radius 3 is 2.50 bits per heavy atom. The molecule has 0 saturated heterocycles. The lowest BCUT2D eigenvalue weighted by atomic mass is 10.0. The maximum absolute atomic E-state index is 8.76. The first-order valence-electron chi connectivity index (χ1n) is 6.17. The van der Waals surface area contributed by atoms with E-state index in [9.17, 15) is 0 Å². The van der Waals surface area contributed by atoms with Crippen molar-refractivity contribution in [3.8, 4) is 12.1 Å². The van der Waals surface area contributed by atoms with Crippen LogP contribution in [0, 0.1) is 22.7 Å². The van der Waals surface area contributed by atoms with Crippen LogP contribution in [0.5, 0.6) is 0 Å². The van der Waals surface area contributed by atoms with E-state index in [1.807, 2.05) is 48.5 Å². The van der Waals surface area contributed by atoms with Crippen LogP contribution in [0.1, 0.15) is 5.56 Å². The third-order valence-corrected chi connectivity index (χ3v) is 2.87. The van der Waals surface area contributed by atoms with E-state index in [0.717, 1.165) is 28.6 Å². The van der Waals surface area contributed by atoms with Crippen molar-refractivity contribution in [2.45, 2.75) is 0 Å². The van der Waals surface area contributed by atoms with Crippen molar-refractivity contribution in [3.05, 3.63) is 60.2 Å². The Labute approximate surface area is 118 Å². The minimum atomic E-state index is 0.105. The van der Waals surface area contributed by atoms with E-state index >= 15 is 0 Å². The van der Waals surface area contributed by atoms with Gasteiger partial charge in [-0.3, -0.25) is 0 Å². The molecule has 20 heavy (non-hydrogen) atoms. The largest absolute Gasteiger partial charge is 0.382 e. The number of anilines is 1. The molecule has 2 aromatic rings. The lowest BCUT2D eigenvalue weighted by Gasteiger charge is -2.06. The minimum Gasteiger partial charge on any atom is -0.382 e. The van der Waals surface area contributed by atoms with Gasteiger partial charge in [0.2, 0.25) is 0 Å². The fourth-order valence-corrected chi connectivity index (χ4v) is 1.91. The molecule has 0 amide bonds. The average Bonchev–Trinajstić information content (AvgIpc) is 2.50. The van der Waals surface area contributed by atoms with Gasteiger partial charge in [0.05, 0.1) is 0 Å². The van der Waals surface area contributed by atoms with Crippen molar-refractivity contribution >= 4 is 22.5 Å². The van der Waals surface area contributed by atoms with Crippen LogP contribution in [0.25, 0.3) is 16.8 Å². The molecule has 0 atom stereocenters. The van der Waals surface area contributed by atoms with E-state index in [2.05, 4.69) is 18.0 Å². The molecule has 0 aliphatic rings. The zero-order valence-corrected chi connectivity index (χ0v) is 10.9. The summed E-state index contributed by atoms with van der Waals surface area (Å²) in [6, 6.07) is 15.6. The molecule has 0 bridgehead atoms. The fraction of sp³-hybridized carbons (Fsp3) is 0.0588. The van der Waals surface area contributed by atoms with Crippen molar-refractivity contribution in [2.24, 2.45) is 0 Å². The predicted molar refractivity (Wildman–Crippen MR) is 81.8 cm³/mol. The smallest absolute Gasteiger partial charge is 0.130 e. The van der Waals surface area contributed by atoms with E-state index in [-0.39, 0.29) is 5.57 Å². The van der Waals surface area contributed by atoms with Crippen molar-refractivity contribution in [1.82, 2.24) is 0 Å². The predicted octanol–water partition coefficient (Wildman–Crippen LogP) is 3.87. The highest BCUT2D eigenvalue weighted by molar-refractivity contribution is 5.88. The average molecular weight is 259 g/mol. The van der Waals surface area contributed by atoms with Crippen LogP contribution in [0.3, 0.4) is 0 Å². The zero-order valence-electron chi connectivity index (χ0n) is 10.9. The van der Waals surface area contributed by atoms with Gasteiger partial charge in [0, 0.05) is 12.2 Å². The highest BCUT2D eigenvalue weighted by Crippen LogP contribution is 2.21. The molecule has 0 spiro atoms. The van der Waals surface area contributed by atoms with Crippen LogP contribution in [-0.2, 0) is 0 Å². The second kappa shape index (κ2) is 6.22. The molecule has 0 saturated carbocycles. The lowest BCUT2D eigenvalue weighted by Crippen LogP contribution is -1.96. The van der Waals surface area contributed by atoms with Crippen molar-refractivity contribution < 1.29 is 0 Å². The lowest BCUT2D eigenvalue weighted by molar-refractivity contribution is 1.35. The summed E-state index contributed by atoms with van der Waals surface area (Å²) >= 11 is 0. The van der Waals surface area contributed by atoms with Gasteiger partial charge >= 0.3 is 0 Å². The first-order chi connectivity index (χ1) is 9.76. The van der Waals surface area contributed by atoms with Crippen LogP contribution in [0.4, 0.5) is 5.69 Å². The van der Waals surface area contributed by atoms with Crippen molar-refractivity contribution in [2.75, 3.05) is 11.9 Å². The van der Waals surface area contributed by atoms with E-state index in [1.165, 1.54) is 0 Å². The summed E-state index contributed by atoms with van der Waals surface area (Å²) < 4.78 is 0. The number of benzene rings is 2. The van der Waals surface area contributed by atoms with Crippen molar-refractivity contribution in [3.63, 3.8) is 0 Å². The second-order valence-corrected chi connectivity index (χ2v) is 4.27. The second-order valence-electron chi connectivity index (χ2n) is 4.27.